The molecule has 0 radical (unpaired) electrons. The molecule has 0 unspecified atom stereocenters. The predicted octanol–water partition coefficient (Wildman–Crippen LogP) is 1.13. The molecule has 0 bridgehead atoms. The Morgan fingerprint density at radius 1 is 1.53 bits per heavy atom. The molecule has 1 saturated heterocycles. The van der Waals surface area contributed by atoms with Crippen molar-refractivity contribution < 1.29 is 9.90 Å². The summed E-state index contributed by atoms with van der Waals surface area (Å²) in [6.07, 6.45) is 0. The molecule has 1 aliphatic rings. The highest BCUT2D eigenvalue weighted by atomic mass is 16.3. The van der Waals surface area contributed by atoms with Crippen LogP contribution in [0.4, 0.5) is 0 Å². The van der Waals surface area contributed by atoms with Crippen LogP contribution in [0.15, 0.2) is 18.2 Å². The molecule has 1 amide bonds. The van der Waals surface area contributed by atoms with E-state index in [0.717, 1.165) is 12.1 Å². The molecule has 92 valence electrons. The molecule has 1 atom stereocenters. The van der Waals surface area contributed by atoms with Crippen molar-refractivity contribution in [3.63, 3.8) is 0 Å². The number of rotatable bonds is 1. The van der Waals surface area contributed by atoms with E-state index in [1.165, 1.54) is 0 Å². The molecule has 0 spiro atoms. The fraction of sp³-hybridized carbons (Fsp3) is 0.462. The molecule has 2 N–H and O–H groups in total. The van der Waals surface area contributed by atoms with Crippen LogP contribution in [0.2, 0.25) is 0 Å². The summed E-state index contributed by atoms with van der Waals surface area (Å²) >= 11 is 0. The number of carbonyl (C=O) groups is 1. The molecule has 1 aromatic rings. The minimum absolute atomic E-state index is 0.0837. The molecule has 1 fully saturated rings. The van der Waals surface area contributed by atoms with Gasteiger partial charge in [-0.2, -0.15) is 0 Å². The van der Waals surface area contributed by atoms with Gasteiger partial charge in [0.1, 0.15) is 5.75 Å². The number of para-hydroxylation sites is 1. The number of nitrogens with one attached hydrogen (secondary N) is 1. The molecule has 4 heteroatoms. The second-order valence-corrected chi connectivity index (χ2v) is 4.58. The van der Waals surface area contributed by atoms with Crippen LogP contribution in [0.5, 0.6) is 5.75 Å². The fourth-order valence-corrected chi connectivity index (χ4v) is 2.12. The third-order valence-corrected chi connectivity index (χ3v) is 3.12. The molecule has 17 heavy (non-hydrogen) atoms. The summed E-state index contributed by atoms with van der Waals surface area (Å²) in [6.45, 7) is 6.03. The number of benzene rings is 1. The summed E-state index contributed by atoms with van der Waals surface area (Å²) < 4.78 is 0. The highest BCUT2D eigenvalue weighted by Gasteiger charge is 2.23. The van der Waals surface area contributed by atoms with Gasteiger partial charge in [-0.25, -0.2) is 0 Å². The molecular weight excluding hydrogens is 216 g/mol. The number of aromatic hydroxyl groups is 1. The van der Waals surface area contributed by atoms with Crippen LogP contribution in [-0.4, -0.2) is 41.6 Å². The van der Waals surface area contributed by atoms with Crippen molar-refractivity contribution in [3.05, 3.63) is 29.3 Å². The Balaban J connectivity index is 2.22. The van der Waals surface area contributed by atoms with Crippen molar-refractivity contribution in [1.29, 1.82) is 0 Å². The standard InChI is InChI=1S/C13H18N2O2/c1-9-4-3-5-11(12(9)16)13(17)15-7-6-14-10(2)8-15/h3-5,10,14,16H,6-8H2,1-2H3/t10-/m1/s1. The van der Waals surface area contributed by atoms with Gasteiger partial charge < -0.3 is 15.3 Å². The van der Waals surface area contributed by atoms with E-state index in [-0.39, 0.29) is 11.7 Å². The monoisotopic (exact) mass is 234 g/mol. The van der Waals surface area contributed by atoms with Gasteiger partial charge in [0.25, 0.3) is 5.91 Å². The van der Waals surface area contributed by atoms with Crippen LogP contribution in [0, 0.1) is 6.92 Å². The highest BCUT2D eigenvalue weighted by molar-refractivity contribution is 5.97. The number of amides is 1. The average molecular weight is 234 g/mol. The summed E-state index contributed by atoms with van der Waals surface area (Å²) in [4.78, 5) is 14.0. The average Bonchev–Trinajstić information content (AvgIpc) is 2.32. The Bertz CT molecular complexity index is 431. The number of phenols is 1. The van der Waals surface area contributed by atoms with Gasteiger partial charge in [0.15, 0.2) is 0 Å². The summed E-state index contributed by atoms with van der Waals surface area (Å²) in [5, 5.41) is 13.2. The molecular formula is C13H18N2O2. The summed E-state index contributed by atoms with van der Waals surface area (Å²) in [6, 6.07) is 5.58. The Kier molecular flexibility index (Phi) is 3.33. The van der Waals surface area contributed by atoms with E-state index in [9.17, 15) is 9.90 Å². The molecule has 1 aromatic carbocycles. The Morgan fingerprint density at radius 2 is 2.29 bits per heavy atom. The summed E-state index contributed by atoms with van der Waals surface area (Å²) in [7, 11) is 0. The number of aryl methyl sites for hydroxylation is 1. The van der Waals surface area contributed by atoms with Crippen molar-refractivity contribution in [2.75, 3.05) is 19.6 Å². The van der Waals surface area contributed by atoms with Gasteiger partial charge in [-0.1, -0.05) is 12.1 Å². The number of phenolic OH excluding ortho intramolecular Hbond substituents is 1. The second-order valence-electron chi connectivity index (χ2n) is 4.58. The van der Waals surface area contributed by atoms with Crippen LogP contribution in [0.3, 0.4) is 0 Å². The van der Waals surface area contributed by atoms with Gasteiger partial charge in [0.05, 0.1) is 5.56 Å². The number of nitrogens with zero attached hydrogens (tertiary/aromatic N) is 1. The van der Waals surface area contributed by atoms with Gasteiger partial charge in [0.2, 0.25) is 0 Å². The van der Waals surface area contributed by atoms with Crippen molar-refractivity contribution in [2.45, 2.75) is 19.9 Å². The van der Waals surface area contributed by atoms with E-state index >= 15 is 0 Å². The van der Waals surface area contributed by atoms with Crippen molar-refractivity contribution in [3.8, 4) is 5.75 Å². The van der Waals surface area contributed by atoms with Crippen molar-refractivity contribution in [1.82, 2.24) is 10.2 Å². The zero-order valence-electron chi connectivity index (χ0n) is 10.2. The summed E-state index contributed by atoms with van der Waals surface area (Å²) in [5.74, 6) is 0.0169. The van der Waals surface area contributed by atoms with Gasteiger partial charge >= 0.3 is 0 Å². The largest absolute Gasteiger partial charge is 0.507 e. The lowest BCUT2D eigenvalue weighted by atomic mass is 10.1. The molecule has 1 aliphatic heterocycles. The normalized spacial score (nSPS) is 20.4. The van der Waals surface area contributed by atoms with Crippen LogP contribution in [0.25, 0.3) is 0 Å². The first kappa shape index (κ1) is 11.9. The molecule has 2 rings (SSSR count). The molecule has 0 saturated carbocycles. The van der Waals surface area contributed by atoms with Gasteiger partial charge in [-0.3, -0.25) is 4.79 Å². The fourth-order valence-electron chi connectivity index (χ4n) is 2.12. The first-order valence-corrected chi connectivity index (χ1v) is 5.91. The van der Waals surface area contributed by atoms with E-state index in [2.05, 4.69) is 12.2 Å². The minimum atomic E-state index is -0.0837. The topological polar surface area (TPSA) is 52.6 Å². The summed E-state index contributed by atoms with van der Waals surface area (Å²) in [5.41, 5.74) is 1.14. The zero-order valence-corrected chi connectivity index (χ0v) is 10.2. The minimum Gasteiger partial charge on any atom is -0.507 e. The van der Waals surface area contributed by atoms with Gasteiger partial charge in [-0.05, 0) is 25.5 Å². The number of carbonyl (C=O) groups excluding carboxylic acids is 1. The first-order chi connectivity index (χ1) is 8.09. The van der Waals surface area contributed by atoms with Crippen LogP contribution < -0.4 is 5.32 Å². The molecule has 4 nitrogen and oxygen atoms in total. The number of hydrogen-bond donors (Lipinski definition) is 2. The van der Waals surface area contributed by atoms with E-state index in [1.807, 2.05) is 0 Å². The lowest BCUT2D eigenvalue weighted by Gasteiger charge is -2.32. The van der Waals surface area contributed by atoms with Crippen LogP contribution in [0.1, 0.15) is 22.8 Å². The highest BCUT2D eigenvalue weighted by Crippen LogP contribution is 2.23. The Morgan fingerprint density at radius 3 is 3.00 bits per heavy atom. The second kappa shape index (κ2) is 4.75. The number of hydrogen-bond acceptors (Lipinski definition) is 3. The van der Waals surface area contributed by atoms with E-state index in [0.29, 0.717) is 24.7 Å². The smallest absolute Gasteiger partial charge is 0.257 e. The third-order valence-electron chi connectivity index (χ3n) is 3.12. The molecule has 0 aromatic heterocycles. The third kappa shape index (κ3) is 2.42. The first-order valence-electron chi connectivity index (χ1n) is 5.91. The van der Waals surface area contributed by atoms with Crippen molar-refractivity contribution in [2.24, 2.45) is 0 Å². The molecule has 0 aliphatic carbocycles. The van der Waals surface area contributed by atoms with Gasteiger partial charge in [-0.15, -0.1) is 0 Å². The maximum Gasteiger partial charge on any atom is 0.257 e. The van der Waals surface area contributed by atoms with E-state index < -0.39 is 0 Å². The quantitative estimate of drug-likeness (QED) is 0.766. The van der Waals surface area contributed by atoms with E-state index in [1.54, 1.807) is 30.0 Å². The predicted molar refractivity (Wildman–Crippen MR) is 66.2 cm³/mol. The lowest BCUT2D eigenvalue weighted by molar-refractivity contribution is 0.0706. The SMILES string of the molecule is Cc1cccc(C(=O)N2CCN[C@H](C)C2)c1O. The lowest BCUT2D eigenvalue weighted by Crippen LogP contribution is -2.51. The number of piperazine rings is 1. The van der Waals surface area contributed by atoms with E-state index in [4.69, 9.17) is 0 Å². The molecule has 1 heterocycles. The zero-order chi connectivity index (χ0) is 12.4. The van der Waals surface area contributed by atoms with Crippen LogP contribution >= 0.6 is 0 Å². The Labute approximate surface area is 101 Å². The van der Waals surface area contributed by atoms with Gasteiger partial charge in [0, 0.05) is 25.7 Å². The Hall–Kier alpha value is -1.55. The maximum atomic E-state index is 12.3. The van der Waals surface area contributed by atoms with Crippen LogP contribution in [-0.2, 0) is 0 Å². The maximum absolute atomic E-state index is 12.3. The van der Waals surface area contributed by atoms with Crippen molar-refractivity contribution >= 4 is 5.91 Å².